The monoisotopic (exact) mass is 290 g/mol. The van der Waals surface area contributed by atoms with E-state index in [0.29, 0.717) is 5.52 Å². The fourth-order valence-electron chi connectivity index (χ4n) is 1.54. The van der Waals surface area contributed by atoms with Crippen LogP contribution in [0.15, 0.2) is 36.5 Å². The summed E-state index contributed by atoms with van der Waals surface area (Å²) in [4.78, 5) is 15.0. The Bertz CT molecular complexity index is 648. The molecule has 1 heterocycles. The van der Waals surface area contributed by atoms with Crippen LogP contribution < -0.4 is 5.32 Å². The van der Waals surface area contributed by atoms with Gasteiger partial charge in [-0.2, -0.15) is 22.0 Å². The third kappa shape index (κ3) is 2.40. The lowest BCUT2D eigenvalue weighted by Crippen LogP contribution is -2.47. The summed E-state index contributed by atoms with van der Waals surface area (Å²) in [6.45, 7) is 0. The van der Waals surface area contributed by atoms with Crippen LogP contribution in [0.3, 0.4) is 0 Å². The van der Waals surface area contributed by atoms with Gasteiger partial charge in [0.1, 0.15) is 0 Å². The number of hydrogen-bond acceptors (Lipinski definition) is 2. The first-order chi connectivity index (χ1) is 9.23. The number of nitrogens with zero attached hydrogens (tertiary/aromatic N) is 1. The predicted molar refractivity (Wildman–Crippen MR) is 61.4 cm³/mol. The van der Waals surface area contributed by atoms with Gasteiger partial charge in [-0.25, -0.2) is 0 Å². The minimum absolute atomic E-state index is 0.162. The Morgan fingerprint density at radius 1 is 1.05 bits per heavy atom. The predicted octanol–water partition coefficient (Wildman–Crippen LogP) is 3.37. The van der Waals surface area contributed by atoms with E-state index in [1.165, 1.54) is 36.5 Å². The lowest BCUT2D eigenvalue weighted by molar-refractivity contribution is -0.267. The first-order valence-electron chi connectivity index (χ1n) is 5.33. The van der Waals surface area contributed by atoms with Gasteiger partial charge in [0.05, 0.1) is 11.2 Å². The number of carbonyl (C=O) groups is 1. The fraction of sp³-hybridized carbons (Fsp3) is 0.167. The van der Waals surface area contributed by atoms with Crippen LogP contribution in [0.4, 0.5) is 27.6 Å². The Labute approximate surface area is 109 Å². The van der Waals surface area contributed by atoms with Gasteiger partial charge in [0, 0.05) is 11.6 Å². The Hall–Kier alpha value is -2.25. The van der Waals surface area contributed by atoms with E-state index in [0.717, 1.165) is 0 Å². The van der Waals surface area contributed by atoms with Gasteiger partial charge in [-0.15, -0.1) is 0 Å². The molecule has 0 aliphatic rings. The molecule has 1 aromatic carbocycles. The zero-order chi connectivity index (χ0) is 15.0. The summed E-state index contributed by atoms with van der Waals surface area (Å²) < 4.78 is 61.9. The molecule has 2 aromatic rings. The molecule has 1 amide bonds. The molecule has 0 saturated heterocycles. The van der Waals surface area contributed by atoms with Gasteiger partial charge >= 0.3 is 18.0 Å². The first kappa shape index (κ1) is 14.2. The van der Waals surface area contributed by atoms with E-state index in [1.54, 1.807) is 5.32 Å². The van der Waals surface area contributed by atoms with E-state index < -0.39 is 18.0 Å². The molecule has 20 heavy (non-hydrogen) atoms. The van der Waals surface area contributed by atoms with Crippen molar-refractivity contribution in [2.24, 2.45) is 0 Å². The summed E-state index contributed by atoms with van der Waals surface area (Å²) in [5, 5.41) is 1.85. The number of nitrogens with one attached hydrogen (secondary N) is 1. The average molecular weight is 290 g/mol. The van der Waals surface area contributed by atoms with E-state index in [2.05, 4.69) is 4.98 Å². The number of anilines is 1. The largest absolute Gasteiger partial charge is 0.463 e. The third-order valence-corrected chi connectivity index (χ3v) is 2.54. The van der Waals surface area contributed by atoms with Crippen molar-refractivity contribution in [2.75, 3.05) is 5.32 Å². The molecule has 0 atom stereocenters. The van der Waals surface area contributed by atoms with E-state index in [-0.39, 0.29) is 11.1 Å². The van der Waals surface area contributed by atoms with Crippen LogP contribution in [-0.4, -0.2) is 23.0 Å². The highest BCUT2D eigenvalue weighted by atomic mass is 19.4. The number of hydrogen-bond donors (Lipinski definition) is 1. The summed E-state index contributed by atoms with van der Waals surface area (Å²) in [5.74, 6) is -7.89. The lowest BCUT2D eigenvalue weighted by Gasteiger charge is -2.19. The van der Waals surface area contributed by atoms with E-state index >= 15 is 0 Å². The molecule has 0 aliphatic carbocycles. The van der Waals surface area contributed by atoms with Crippen molar-refractivity contribution in [3.63, 3.8) is 0 Å². The summed E-state index contributed by atoms with van der Waals surface area (Å²) in [5.41, 5.74) is 0.199. The van der Waals surface area contributed by atoms with Gasteiger partial charge < -0.3 is 5.32 Å². The van der Waals surface area contributed by atoms with Crippen LogP contribution in [0.25, 0.3) is 10.9 Å². The van der Waals surface area contributed by atoms with Crippen LogP contribution in [-0.2, 0) is 4.79 Å². The zero-order valence-electron chi connectivity index (χ0n) is 9.71. The molecule has 0 aliphatic heterocycles. The molecule has 1 aromatic heterocycles. The number of carbonyl (C=O) groups excluding carboxylic acids is 1. The molecule has 0 unspecified atom stereocenters. The van der Waals surface area contributed by atoms with Crippen molar-refractivity contribution in [1.29, 1.82) is 0 Å². The van der Waals surface area contributed by atoms with E-state index in [4.69, 9.17) is 0 Å². The topological polar surface area (TPSA) is 42.0 Å². The van der Waals surface area contributed by atoms with Crippen LogP contribution in [0.2, 0.25) is 0 Å². The summed E-state index contributed by atoms with van der Waals surface area (Å²) in [6, 6.07) is 7.06. The molecule has 8 heteroatoms. The van der Waals surface area contributed by atoms with Crippen molar-refractivity contribution in [2.45, 2.75) is 12.1 Å². The van der Waals surface area contributed by atoms with Gasteiger partial charge in [0.15, 0.2) is 0 Å². The molecule has 1 N–H and O–H groups in total. The maximum absolute atomic E-state index is 12.9. The summed E-state index contributed by atoms with van der Waals surface area (Å²) in [6.07, 6.45) is -4.52. The minimum atomic E-state index is -5.94. The van der Waals surface area contributed by atoms with Gasteiger partial charge in [-0.1, -0.05) is 6.07 Å². The standard InChI is InChI=1S/C12H7F5N2O/c13-11(14,12(15,16)17)10(20)19-9-5-1-4-8-7(9)3-2-6-18-8/h1-6H,(H,19,20). The van der Waals surface area contributed by atoms with Crippen LogP contribution >= 0.6 is 0 Å². The number of halogens is 5. The number of pyridine rings is 1. The Kier molecular flexibility index (Phi) is 3.33. The van der Waals surface area contributed by atoms with E-state index in [1.807, 2.05) is 0 Å². The Morgan fingerprint density at radius 2 is 1.75 bits per heavy atom. The second kappa shape index (κ2) is 4.69. The molecule has 3 nitrogen and oxygen atoms in total. The van der Waals surface area contributed by atoms with Crippen molar-refractivity contribution >= 4 is 22.5 Å². The fourth-order valence-corrected chi connectivity index (χ4v) is 1.54. The van der Waals surface area contributed by atoms with Gasteiger partial charge in [-0.05, 0) is 24.3 Å². The molecular weight excluding hydrogens is 283 g/mol. The summed E-state index contributed by atoms with van der Waals surface area (Å²) >= 11 is 0. The van der Waals surface area contributed by atoms with Crippen LogP contribution in [0, 0.1) is 0 Å². The van der Waals surface area contributed by atoms with Gasteiger partial charge in [-0.3, -0.25) is 9.78 Å². The molecular formula is C12H7F5N2O. The molecule has 0 spiro atoms. The average Bonchev–Trinajstić information content (AvgIpc) is 2.37. The van der Waals surface area contributed by atoms with Crippen molar-refractivity contribution in [1.82, 2.24) is 4.98 Å². The molecule has 0 fully saturated rings. The number of amides is 1. The van der Waals surface area contributed by atoms with E-state index in [9.17, 15) is 26.7 Å². The number of benzene rings is 1. The highest BCUT2D eigenvalue weighted by molar-refractivity contribution is 6.03. The van der Waals surface area contributed by atoms with Crippen LogP contribution in [0.5, 0.6) is 0 Å². The highest BCUT2D eigenvalue weighted by Crippen LogP contribution is 2.36. The lowest BCUT2D eigenvalue weighted by atomic mass is 10.1. The quantitative estimate of drug-likeness (QED) is 0.862. The van der Waals surface area contributed by atoms with Crippen molar-refractivity contribution in [3.05, 3.63) is 36.5 Å². The Balaban J connectivity index is 2.36. The van der Waals surface area contributed by atoms with Crippen molar-refractivity contribution in [3.8, 4) is 0 Å². The molecule has 106 valence electrons. The van der Waals surface area contributed by atoms with Gasteiger partial charge in [0.25, 0.3) is 0 Å². The maximum Gasteiger partial charge on any atom is 0.463 e. The molecule has 0 bridgehead atoms. The number of alkyl halides is 5. The number of aromatic nitrogens is 1. The number of rotatable bonds is 2. The zero-order valence-corrected chi connectivity index (χ0v) is 9.71. The van der Waals surface area contributed by atoms with Crippen LogP contribution in [0.1, 0.15) is 0 Å². The first-order valence-corrected chi connectivity index (χ1v) is 5.33. The Morgan fingerprint density at radius 3 is 2.40 bits per heavy atom. The smallest absolute Gasteiger partial charge is 0.320 e. The summed E-state index contributed by atoms with van der Waals surface area (Å²) in [7, 11) is 0. The highest BCUT2D eigenvalue weighted by Gasteiger charge is 2.63. The second-order valence-corrected chi connectivity index (χ2v) is 3.90. The SMILES string of the molecule is O=C(Nc1cccc2ncccc12)C(F)(F)C(F)(F)F. The van der Waals surface area contributed by atoms with Crippen molar-refractivity contribution < 1.29 is 26.7 Å². The minimum Gasteiger partial charge on any atom is -0.320 e. The van der Waals surface area contributed by atoms with Gasteiger partial charge in [0.2, 0.25) is 0 Å². The number of fused-ring (bicyclic) bond motifs is 1. The normalized spacial score (nSPS) is 12.4. The third-order valence-electron chi connectivity index (χ3n) is 2.54. The molecule has 0 saturated carbocycles. The molecule has 2 rings (SSSR count). The maximum atomic E-state index is 12.9. The molecule has 0 radical (unpaired) electrons. The second-order valence-electron chi connectivity index (χ2n) is 3.90.